The van der Waals surface area contributed by atoms with Crippen molar-refractivity contribution in [2.75, 3.05) is 31.6 Å². The molecule has 0 atom stereocenters. The van der Waals surface area contributed by atoms with Crippen LogP contribution in [-0.2, 0) is 17.7 Å². The van der Waals surface area contributed by atoms with Crippen molar-refractivity contribution in [3.63, 3.8) is 0 Å². The Morgan fingerprint density at radius 2 is 1.69 bits per heavy atom. The zero-order valence-electron chi connectivity index (χ0n) is 9.49. The van der Waals surface area contributed by atoms with E-state index in [1.807, 2.05) is 0 Å². The summed E-state index contributed by atoms with van der Waals surface area (Å²) in [6, 6.07) is 8.95. The Bertz CT molecular complexity index is 306. The standard InChI is InChI=1S/C13H18BrNO/c14-6-5-12-1-3-13(4-2-12)11-15-7-9-16-10-8-15/h1-4H,5-11H2. The summed E-state index contributed by atoms with van der Waals surface area (Å²) in [7, 11) is 0. The number of hydrogen-bond acceptors (Lipinski definition) is 2. The van der Waals surface area contributed by atoms with Gasteiger partial charge in [-0.3, -0.25) is 4.90 Å². The number of halogens is 1. The molecular weight excluding hydrogens is 266 g/mol. The molecule has 1 saturated heterocycles. The van der Waals surface area contributed by atoms with Crippen LogP contribution < -0.4 is 0 Å². The monoisotopic (exact) mass is 283 g/mol. The molecule has 16 heavy (non-hydrogen) atoms. The quantitative estimate of drug-likeness (QED) is 0.788. The van der Waals surface area contributed by atoms with E-state index in [-0.39, 0.29) is 0 Å². The zero-order valence-corrected chi connectivity index (χ0v) is 11.1. The third kappa shape index (κ3) is 3.58. The maximum Gasteiger partial charge on any atom is 0.0594 e. The van der Waals surface area contributed by atoms with Crippen molar-refractivity contribution in [3.8, 4) is 0 Å². The van der Waals surface area contributed by atoms with Gasteiger partial charge in [-0.25, -0.2) is 0 Å². The van der Waals surface area contributed by atoms with E-state index in [0.29, 0.717) is 0 Å². The van der Waals surface area contributed by atoms with E-state index in [4.69, 9.17) is 4.74 Å². The van der Waals surface area contributed by atoms with E-state index in [9.17, 15) is 0 Å². The maximum absolute atomic E-state index is 5.34. The van der Waals surface area contributed by atoms with Crippen LogP contribution in [0, 0.1) is 0 Å². The Morgan fingerprint density at radius 1 is 1.06 bits per heavy atom. The van der Waals surface area contributed by atoms with Gasteiger partial charge < -0.3 is 4.74 Å². The van der Waals surface area contributed by atoms with Crippen LogP contribution in [0.5, 0.6) is 0 Å². The molecule has 1 heterocycles. The fourth-order valence-electron chi connectivity index (χ4n) is 1.94. The molecule has 0 aromatic heterocycles. The SMILES string of the molecule is BrCCc1ccc(CN2CCOCC2)cc1. The summed E-state index contributed by atoms with van der Waals surface area (Å²) >= 11 is 3.46. The summed E-state index contributed by atoms with van der Waals surface area (Å²) in [5, 5.41) is 1.04. The predicted molar refractivity (Wildman–Crippen MR) is 70.0 cm³/mol. The highest BCUT2D eigenvalue weighted by Gasteiger charge is 2.10. The molecule has 1 aliphatic heterocycles. The van der Waals surface area contributed by atoms with Gasteiger partial charge in [0.2, 0.25) is 0 Å². The number of hydrogen-bond donors (Lipinski definition) is 0. The van der Waals surface area contributed by atoms with Gasteiger partial charge in [-0.15, -0.1) is 0 Å². The van der Waals surface area contributed by atoms with Crippen LogP contribution in [0.4, 0.5) is 0 Å². The molecule has 2 nitrogen and oxygen atoms in total. The summed E-state index contributed by atoms with van der Waals surface area (Å²) in [4.78, 5) is 2.45. The molecule has 0 radical (unpaired) electrons. The van der Waals surface area contributed by atoms with E-state index in [1.54, 1.807) is 0 Å². The van der Waals surface area contributed by atoms with E-state index in [0.717, 1.165) is 44.6 Å². The van der Waals surface area contributed by atoms with Gasteiger partial charge in [-0.2, -0.15) is 0 Å². The lowest BCUT2D eigenvalue weighted by molar-refractivity contribution is 0.0342. The van der Waals surface area contributed by atoms with Gasteiger partial charge in [0.05, 0.1) is 13.2 Å². The molecule has 0 spiro atoms. The van der Waals surface area contributed by atoms with E-state index >= 15 is 0 Å². The summed E-state index contributed by atoms with van der Waals surface area (Å²) in [5.74, 6) is 0. The van der Waals surface area contributed by atoms with Crippen molar-refractivity contribution < 1.29 is 4.74 Å². The summed E-state index contributed by atoms with van der Waals surface area (Å²) in [5.41, 5.74) is 2.81. The third-order valence-electron chi connectivity index (χ3n) is 2.92. The first-order valence-electron chi connectivity index (χ1n) is 5.82. The molecule has 0 amide bonds. The first-order chi connectivity index (χ1) is 7.88. The Labute approximate surface area is 106 Å². The number of morpholine rings is 1. The molecule has 1 aromatic carbocycles. The van der Waals surface area contributed by atoms with Crippen LogP contribution in [0.2, 0.25) is 0 Å². The average molecular weight is 284 g/mol. The molecule has 0 N–H and O–H groups in total. The number of alkyl halides is 1. The smallest absolute Gasteiger partial charge is 0.0594 e. The minimum Gasteiger partial charge on any atom is -0.379 e. The third-order valence-corrected chi connectivity index (χ3v) is 3.31. The van der Waals surface area contributed by atoms with Gasteiger partial charge >= 0.3 is 0 Å². The molecule has 2 rings (SSSR count). The lowest BCUT2D eigenvalue weighted by Crippen LogP contribution is -2.35. The van der Waals surface area contributed by atoms with Gasteiger partial charge in [-0.1, -0.05) is 40.2 Å². The van der Waals surface area contributed by atoms with Crippen molar-refractivity contribution >= 4 is 15.9 Å². The molecule has 88 valence electrons. The first-order valence-corrected chi connectivity index (χ1v) is 6.94. The van der Waals surface area contributed by atoms with Crippen LogP contribution in [0.1, 0.15) is 11.1 Å². The van der Waals surface area contributed by atoms with Crippen LogP contribution in [-0.4, -0.2) is 36.5 Å². The van der Waals surface area contributed by atoms with E-state index < -0.39 is 0 Å². The fraction of sp³-hybridized carbons (Fsp3) is 0.538. The largest absolute Gasteiger partial charge is 0.379 e. The molecule has 0 aliphatic carbocycles. The van der Waals surface area contributed by atoms with E-state index in [2.05, 4.69) is 45.1 Å². The molecule has 1 aromatic rings. The molecule has 0 unspecified atom stereocenters. The normalized spacial score (nSPS) is 17.6. The average Bonchev–Trinajstić information content (AvgIpc) is 2.33. The van der Waals surface area contributed by atoms with Crippen LogP contribution in [0.25, 0.3) is 0 Å². The van der Waals surface area contributed by atoms with Gasteiger partial charge in [0.25, 0.3) is 0 Å². The Balaban J connectivity index is 1.88. The fourth-order valence-corrected chi connectivity index (χ4v) is 2.40. The minimum atomic E-state index is 0.877. The second-order valence-electron chi connectivity index (χ2n) is 4.14. The molecular formula is C13H18BrNO. The second-order valence-corrected chi connectivity index (χ2v) is 4.94. The zero-order chi connectivity index (χ0) is 11.2. The van der Waals surface area contributed by atoms with Gasteiger partial charge in [0.1, 0.15) is 0 Å². The number of benzene rings is 1. The summed E-state index contributed by atoms with van der Waals surface area (Å²) < 4.78 is 5.34. The van der Waals surface area contributed by atoms with Crippen LogP contribution in [0.3, 0.4) is 0 Å². The Morgan fingerprint density at radius 3 is 2.31 bits per heavy atom. The lowest BCUT2D eigenvalue weighted by Gasteiger charge is -2.26. The number of rotatable bonds is 4. The highest BCUT2D eigenvalue weighted by atomic mass is 79.9. The van der Waals surface area contributed by atoms with E-state index in [1.165, 1.54) is 11.1 Å². The van der Waals surface area contributed by atoms with Gasteiger partial charge in [0, 0.05) is 25.0 Å². The number of nitrogens with zero attached hydrogens (tertiary/aromatic N) is 1. The van der Waals surface area contributed by atoms with Crippen molar-refractivity contribution in [3.05, 3.63) is 35.4 Å². The molecule has 1 aliphatic rings. The van der Waals surface area contributed by atoms with Crippen molar-refractivity contribution in [2.45, 2.75) is 13.0 Å². The summed E-state index contributed by atoms with van der Waals surface area (Å²) in [6.45, 7) is 4.92. The predicted octanol–water partition coefficient (Wildman–Crippen LogP) is 2.46. The maximum atomic E-state index is 5.34. The van der Waals surface area contributed by atoms with Crippen molar-refractivity contribution in [1.82, 2.24) is 4.90 Å². The van der Waals surface area contributed by atoms with Gasteiger partial charge in [-0.05, 0) is 17.5 Å². The van der Waals surface area contributed by atoms with Gasteiger partial charge in [0.15, 0.2) is 0 Å². The number of aryl methyl sites for hydroxylation is 1. The topological polar surface area (TPSA) is 12.5 Å². The molecule has 0 bridgehead atoms. The highest BCUT2D eigenvalue weighted by Crippen LogP contribution is 2.10. The molecule has 0 saturated carbocycles. The van der Waals surface area contributed by atoms with Crippen LogP contribution >= 0.6 is 15.9 Å². The first kappa shape index (κ1) is 12.1. The highest BCUT2D eigenvalue weighted by molar-refractivity contribution is 9.09. The lowest BCUT2D eigenvalue weighted by atomic mass is 10.1. The number of ether oxygens (including phenoxy) is 1. The van der Waals surface area contributed by atoms with Crippen LogP contribution in [0.15, 0.2) is 24.3 Å². The van der Waals surface area contributed by atoms with Crippen molar-refractivity contribution in [2.24, 2.45) is 0 Å². The Kier molecular flexibility index (Phi) is 4.82. The second kappa shape index (κ2) is 6.38. The van der Waals surface area contributed by atoms with Crippen molar-refractivity contribution in [1.29, 1.82) is 0 Å². The Hall–Kier alpha value is -0.380. The summed E-state index contributed by atoms with van der Waals surface area (Å²) in [6.07, 6.45) is 1.11. The molecule has 3 heteroatoms. The molecule has 1 fully saturated rings. The minimum absolute atomic E-state index is 0.877.